The van der Waals surface area contributed by atoms with Crippen molar-refractivity contribution >= 4 is 39.5 Å². The Hall–Kier alpha value is -6.09. The van der Waals surface area contributed by atoms with E-state index in [0.29, 0.717) is 55.5 Å². The van der Waals surface area contributed by atoms with Crippen molar-refractivity contribution in [1.82, 2.24) is 0 Å². The molecule has 5 aromatic rings. The molecule has 0 saturated carbocycles. The molecule has 0 heterocycles. The molecule has 0 aromatic heterocycles. The molecule has 0 aliphatic carbocycles. The quantitative estimate of drug-likeness (QED) is 0.0246. The summed E-state index contributed by atoms with van der Waals surface area (Å²) in [5, 5.41) is 4.08. The lowest BCUT2D eigenvalue weighted by Gasteiger charge is -2.14. The Labute approximate surface area is 354 Å². The van der Waals surface area contributed by atoms with Crippen molar-refractivity contribution in [3.8, 4) is 23.0 Å². The fourth-order valence-electron chi connectivity index (χ4n) is 6.52. The minimum atomic E-state index is -0.428. The van der Waals surface area contributed by atoms with Gasteiger partial charge in [0.05, 0.1) is 32.0 Å². The SMILES string of the molecule is C=C(C)C(=O)OCCCCCCOc1ccc2cc(COc3ccc(OC(=O)c4ccc5cc(OCCCCCCOC(=O)C(=C)C)ccc5c4)cc3CCC)ccc2c1. The molecule has 5 aromatic carbocycles. The van der Waals surface area contributed by atoms with Crippen molar-refractivity contribution in [3.05, 3.63) is 132 Å². The minimum absolute atomic E-state index is 0.331. The molecular weight excluding hydrogens is 757 g/mol. The van der Waals surface area contributed by atoms with Gasteiger partial charge in [0, 0.05) is 11.1 Å². The molecule has 316 valence electrons. The number of aryl methyl sites for hydroxylation is 1. The molecule has 9 nitrogen and oxygen atoms in total. The molecule has 60 heavy (non-hydrogen) atoms. The third kappa shape index (κ3) is 14.3. The van der Waals surface area contributed by atoms with Crippen LogP contribution in [0.25, 0.3) is 21.5 Å². The fraction of sp³-hybridized carbons (Fsp3) is 0.353. The number of fused-ring (bicyclic) bond motifs is 2. The van der Waals surface area contributed by atoms with Gasteiger partial charge in [-0.05, 0) is 165 Å². The van der Waals surface area contributed by atoms with Gasteiger partial charge in [-0.1, -0.05) is 56.8 Å². The van der Waals surface area contributed by atoms with Gasteiger partial charge in [0.1, 0.15) is 29.6 Å². The Morgan fingerprint density at radius 2 is 1.02 bits per heavy atom. The second kappa shape index (κ2) is 23.5. The molecule has 0 aliphatic heterocycles. The van der Waals surface area contributed by atoms with E-state index in [1.165, 1.54) is 0 Å². The molecule has 0 radical (unpaired) electrons. The van der Waals surface area contributed by atoms with Crippen molar-refractivity contribution in [2.24, 2.45) is 0 Å². The van der Waals surface area contributed by atoms with E-state index < -0.39 is 5.97 Å². The summed E-state index contributed by atoms with van der Waals surface area (Å²) in [7, 11) is 0. The van der Waals surface area contributed by atoms with E-state index in [0.717, 1.165) is 114 Å². The number of rotatable bonds is 25. The van der Waals surface area contributed by atoms with Crippen LogP contribution in [-0.2, 0) is 32.1 Å². The highest BCUT2D eigenvalue weighted by Gasteiger charge is 2.13. The first kappa shape index (κ1) is 45.0. The van der Waals surface area contributed by atoms with Crippen LogP contribution in [0.5, 0.6) is 23.0 Å². The van der Waals surface area contributed by atoms with Crippen LogP contribution in [0.4, 0.5) is 0 Å². The molecule has 0 bridgehead atoms. The lowest BCUT2D eigenvalue weighted by Crippen LogP contribution is -2.09. The maximum absolute atomic E-state index is 13.3. The van der Waals surface area contributed by atoms with Gasteiger partial charge in [0.2, 0.25) is 0 Å². The van der Waals surface area contributed by atoms with E-state index in [9.17, 15) is 14.4 Å². The molecule has 0 fully saturated rings. The summed E-state index contributed by atoms with van der Waals surface area (Å²) in [6.07, 6.45) is 9.07. The Bertz CT molecular complexity index is 2260. The molecule has 5 rings (SSSR count). The van der Waals surface area contributed by atoms with Crippen molar-refractivity contribution in [2.75, 3.05) is 26.4 Å². The predicted octanol–water partition coefficient (Wildman–Crippen LogP) is 11.9. The topological polar surface area (TPSA) is 107 Å². The molecule has 0 amide bonds. The average Bonchev–Trinajstić information content (AvgIpc) is 3.24. The number of carbonyl (C=O) groups excluding carboxylic acids is 3. The molecule has 0 N–H and O–H groups in total. The van der Waals surface area contributed by atoms with Gasteiger partial charge in [0.25, 0.3) is 0 Å². The smallest absolute Gasteiger partial charge is 0.343 e. The van der Waals surface area contributed by atoms with E-state index in [2.05, 4.69) is 50.4 Å². The van der Waals surface area contributed by atoms with Gasteiger partial charge >= 0.3 is 17.9 Å². The first-order valence-electron chi connectivity index (χ1n) is 21.0. The van der Waals surface area contributed by atoms with Crippen LogP contribution in [0, 0.1) is 0 Å². The predicted molar refractivity (Wildman–Crippen MR) is 237 cm³/mol. The highest BCUT2D eigenvalue weighted by molar-refractivity contribution is 5.96. The number of hydrogen-bond acceptors (Lipinski definition) is 9. The van der Waals surface area contributed by atoms with Crippen LogP contribution >= 0.6 is 0 Å². The van der Waals surface area contributed by atoms with Crippen LogP contribution in [0.15, 0.2) is 115 Å². The van der Waals surface area contributed by atoms with Crippen LogP contribution in [0.3, 0.4) is 0 Å². The number of hydrogen-bond donors (Lipinski definition) is 0. The van der Waals surface area contributed by atoms with Crippen molar-refractivity contribution in [3.63, 3.8) is 0 Å². The third-order valence-corrected chi connectivity index (χ3v) is 9.86. The highest BCUT2D eigenvalue weighted by Crippen LogP contribution is 2.29. The minimum Gasteiger partial charge on any atom is -0.494 e. The number of ether oxygens (including phenoxy) is 6. The summed E-state index contributed by atoms with van der Waals surface area (Å²) >= 11 is 0. The Balaban J connectivity index is 1.06. The fourth-order valence-corrected chi connectivity index (χ4v) is 6.52. The summed E-state index contributed by atoms with van der Waals surface area (Å²) in [4.78, 5) is 36.2. The first-order chi connectivity index (χ1) is 29.1. The lowest BCUT2D eigenvalue weighted by molar-refractivity contribution is -0.139. The second-order valence-electron chi connectivity index (χ2n) is 15.1. The van der Waals surface area contributed by atoms with Gasteiger partial charge in [-0.15, -0.1) is 0 Å². The monoisotopic (exact) mass is 814 g/mol. The standard InChI is InChI=1S/C51H58O9/c1-6-15-43-34-47(60-51(54)44-19-18-42-33-46(23-21-40(42)31-44)56-27-12-8-10-14-29-58-50(53)37(4)5)24-25-48(43)59-35-38-16-17-41-32-45(22-20-39(41)30-38)55-26-11-7-9-13-28-57-49(52)36(2)3/h16-25,30-34H,2,4,6-15,26-29,35H2,1,3,5H3. The molecule has 9 heteroatoms. The number of unbranched alkanes of at least 4 members (excludes halogenated alkanes) is 6. The van der Waals surface area contributed by atoms with Gasteiger partial charge < -0.3 is 28.4 Å². The first-order valence-corrected chi connectivity index (χ1v) is 21.0. The molecule has 0 aliphatic rings. The van der Waals surface area contributed by atoms with Crippen LogP contribution in [0.1, 0.15) is 100 Å². The maximum atomic E-state index is 13.3. The third-order valence-electron chi connectivity index (χ3n) is 9.86. The van der Waals surface area contributed by atoms with E-state index in [1.807, 2.05) is 48.5 Å². The summed E-state index contributed by atoms with van der Waals surface area (Å²) < 4.78 is 34.4. The van der Waals surface area contributed by atoms with Crippen LogP contribution in [0.2, 0.25) is 0 Å². The Morgan fingerprint density at radius 3 is 1.58 bits per heavy atom. The Morgan fingerprint density at radius 1 is 0.517 bits per heavy atom. The molecule has 0 spiro atoms. The van der Waals surface area contributed by atoms with E-state index in [1.54, 1.807) is 26.0 Å². The zero-order valence-corrected chi connectivity index (χ0v) is 35.4. The van der Waals surface area contributed by atoms with Gasteiger partial charge in [-0.2, -0.15) is 0 Å². The number of carbonyl (C=O) groups is 3. The van der Waals surface area contributed by atoms with E-state index >= 15 is 0 Å². The Kier molecular flexibility index (Phi) is 17.6. The second-order valence-corrected chi connectivity index (χ2v) is 15.1. The van der Waals surface area contributed by atoms with Gasteiger partial charge in [-0.3, -0.25) is 0 Å². The normalized spacial score (nSPS) is 10.9. The zero-order chi connectivity index (χ0) is 42.7. The number of esters is 3. The zero-order valence-electron chi connectivity index (χ0n) is 35.4. The maximum Gasteiger partial charge on any atom is 0.343 e. The average molecular weight is 815 g/mol. The van der Waals surface area contributed by atoms with E-state index in [-0.39, 0.29) is 11.9 Å². The van der Waals surface area contributed by atoms with Gasteiger partial charge in [0.15, 0.2) is 0 Å². The molecular formula is C51H58O9. The van der Waals surface area contributed by atoms with Crippen LogP contribution < -0.4 is 18.9 Å². The van der Waals surface area contributed by atoms with Crippen molar-refractivity contribution in [1.29, 1.82) is 0 Å². The molecule has 0 atom stereocenters. The summed E-state index contributed by atoms with van der Waals surface area (Å²) in [6.45, 7) is 15.0. The van der Waals surface area contributed by atoms with Gasteiger partial charge in [-0.25, -0.2) is 14.4 Å². The summed E-state index contributed by atoms with van der Waals surface area (Å²) in [5.41, 5.74) is 3.33. The number of benzene rings is 5. The lowest BCUT2D eigenvalue weighted by atomic mass is 10.1. The molecule has 0 unspecified atom stereocenters. The molecule has 0 saturated heterocycles. The van der Waals surface area contributed by atoms with Crippen molar-refractivity contribution < 1.29 is 42.8 Å². The van der Waals surface area contributed by atoms with Crippen molar-refractivity contribution in [2.45, 2.75) is 91.6 Å². The van der Waals surface area contributed by atoms with E-state index in [4.69, 9.17) is 28.4 Å². The highest BCUT2D eigenvalue weighted by atomic mass is 16.5. The summed E-state index contributed by atoms with van der Waals surface area (Å²) in [5.74, 6) is 1.75. The van der Waals surface area contributed by atoms with Crippen LogP contribution in [-0.4, -0.2) is 44.3 Å². The summed E-state index contributed by atoms with van der Waals surface area (Å²) in [6, 6.07) is 29.3. The largest absolute Gasteiger partial charge is 0.494 e.